The molecule has 0 heterocycles. The summed E-state index contributed by atoms with van der Waals surface area (Å²) in [7, 11) is 0. The van der Waals surface area contributed by atoms with Gasteiger partial charge < -0.3 is 35.8 Å². The summed E-state index contributed by atoms with van der Waals surface area (Å²) < 4.78 is 5.66. The van der Waals surface area contributed by atoms with E-state index >= 15 is 0 Å². The van der Waals surface area contributed by atoms with Crippen molar-refractivity contribution in [2.75, 3.05) is 19.7 Å². The van der Waals surface area contributed by atoms with Gasteiger partial charge in [-0.15, -0.1) is 0 Å². The molecule has 37 heavy (non-hydrogen) atoms. The number of rotatable bonds is 11. The highest BCUT2D eigenvalue weighted by Gasteiger charge is 2.17. The average Bonchev–Trinajstić information content (AvgIpc) is 2.88. The normalized spacial score (nSPS) is 11.5. The summed E-state index contributed by atoms with van der Waals surface area (Å²) in [6.07, 6.45) is 2.47. The van der Waals surface area contributed by atoms with Crippen LogP contribution in [0.5, 0.6) is 23.0 Å². The largest absolute Gasteiger partial charge is 0.504 e. The summed E-state index contributed by atoms with van der Waals surface area (Å²) in [5.74, 6) is -2.90. The van der Waals surface area contributed by atoms with Gasteiger partial charge in [-0.1, -0.05) is 19.1 Å². The molecule has 0 atom stereocenters. The highest BCUT2D eigenvalue weighted by molar-refractivity contribution is 6.02. The van der Waals surface area contributed by atoms with Gasteiger partial charge in [0.2, 0.25) is 0 Å². The second kappa shape index (κ2) is 13.8. The molecule has 11 heteroatoms. The Labute approximate surface area is 213 Å². The van der Waals surface area contributed by atoms with Gasteiger partial charge in [0.1, 0.15) is 23.3 Å². The van der Waals surface area contributed by atoms with Gasteiger partial charge in [0.25, 0.3) is 11.8 Å². The number of hydrogen-bond donors (Lipinski definition) is 6. The third kappa shape index (κ3) is 8.62. The molecule has 0 saturated carbocycles. The summed E-state index contributed by atoms with van der Waals surface area (Å²) in [6, 6.07) is 11.2. The smallest absolute Gasteiger partial charge is 0.262 e. The SMILES string of the molecule is CCCOC(CNC(=O)/C(C#N)=C/c1ccc(O)c(O)c1)CNC(=O)/C(C#N)=C/c1ccc(O)c(O)c1. The lowest BCUT2D eigenvalue weighted by atomic mass is 10.1. The van der Waals surface area contributed by atoms with Crippen LogP contribution < -0.4 is 10.6 Å². The monoisotopic (exact) mass is 506 g/mol. The van der Waals surface area contributed by atoms with Gasteiger partial charge >= 0.3 is 0 Å². The molecule has 6 N–H and O–H groups in total. The van der Waals surface area contributed by atoms with Crippen LogP contribution in [0.1, 0.15) is 24.5 Å². The summed E-state index contributed by atoms with van der Waals surface area (Å²) in [6.45, 7) is 2.09. The second-order valence-corrected chi connectivity index (χ2v) is 7.75. The number of nitrogens with zero attached hydrogens (tertiary/aromatic N) is 2. The zero-order valence-electron chi connectivity index (χ0n) is 19.9. The van der Waals surface area contributed by atoms with Crippen molar-refractivity contribution in [2.24, 2.45) is 0 Å². The maximum absolute atomic E-state index is 12.5. The summed E-state index contributed by atoms with van der Waals surface area (Å²) in [5.41, 5.74) is 0.141. The number of hydrogen-bond acceptors (Lipinski definition) is 9. The van der Waals surface area contributed by atoms with Gasteiger partial charge in [0.15, 0.2) is 23.0 Å². The topological polar surface area (TPSA) is 196 Å². The molecule has 2 aromatic carbocycles. The number of carbonyl (C=O) groups excluding carboxylic acids is 2. The third-order valence-corrected chi connectivity index (χ3v) is 4.89. The fourth-order valence-electron chi connectivity index (χ4n) is 2.97. The minimum Gasteiger partial charge on any atom is -0.504 e. The van der Waals surface area contributed by atoms with Gasteiger partial charge in [-0.25, -0.2) is 0 Å². The van der Waals surface area contributed by atoms with E-state index < -0.39 is 29.4 Å². The zero-order chi connectivity index (χ0) is 27.4. The van der Waals surface area contributed by atoms with Crippen molar-refractivity contribution in [3.8, 4) is 35.1 Å². The van der Waals surface area contributed by atoms with E-state index in [9.17, 15) is 40.5 Å². The van der Waals surface area contributed by atoms with Gasteiger partial charge in [-0.05, 0) is 54.0 Å². The molecular weight excluding hydrogens is 480 g/mol. The fraction of sp³-hybridized carbons (Fsp3) is 0.231. The fourth-order valence-corrected chi connectivity index (χ4v) is 2.97. The first-order valence-corrected chi connectivity index (χ1v) is 11.1. The van der Waals surface area contributed by atoms with Crippen LogP contribution in [0.4, 0.5) is 0 Å². The Bertz CT molecular complexity index is 1190. The van der Waals surface area contributed by atoms with E-state index in [1.807, 2.05) is 6.92 Å². The number of nitrogens with one attached hydrogen (secondary N) is 2. The molecule has 0 radical (unpaired) electrons. The first kappa shape index (κ1) is 28.2. The van der Waals surface area contributed by atoms with Crippen molar-refractivity contribution < 1.29 is 34.8 Å². The van der Waals surface area contributed by atoms with E-state index in [2.05, 4.69) is 10.6 Å². The summed E-state index contributed by atoms with van der Waals surface area (Å²) in [5, 5.41) is 61.8. The van der Waals surface area contributed by atoms with Gasteiger partial charge in [0.05, 0.1) is 6.10 Å². The van der Waals surface area contributed by atoms with Crippen LogP contribution in [0.15, 0.2) is 47.5 Å². The van der Waals surface area contributed by atoms with Crippen molar-refractivity contribution in [3.63, 3.8) is 0 Å². The number of ether oxygens (including phenoxy) is 1. The van der Waals surface area contributed by atoms with E-state index in [0.29, 0.717) is 24.2 Å². The van der Waals surface area contributed by atoms with Gasteiger partial charge in [-0.3, -0.25) is 9.59 Å². The van der Waals surface area contributed by atoms with Crippen LogP contribution in [0.2, 0.25) is 0 Å². The van der Waals surface area contributed by atoms with Crippen molar-refractivity contribution in [2.45, 2.75) is 19.4 Å². The Hall–Kier alpha value is -5.00. The standard InChI is InChI=1S/C26H26N4O7/c1-2-7-37-20(14-29-25(35)18(12-27)8-16-3-5-21(31)23(33)10-16)15-30-26(36)19(13-28)9-17-4-6-22(32)24(34)11-17/h3-6,8-11,20,31-34H,2,7,14-15H2,1H3,(H,29,35)(H,30,36)/b18-8+,19-9+. The lowest BCUT2D eigenvalue weighted by molar-refractivity contribution is -0.118. The predicted octanol–water partition coefficient (Wildman–Crippen LogP) is 2.05. The van der Waals surface area contributed by atoms with Gasteiger partial charge in [-0.2, -0.15) is 10.5 Å². The number of aromatic hydroxyl groups is 4. The maximum Gasteiger partial charge on any atom is 0.262 e. The Morgan fingerprint density at radius 3 is 1.62 bits per heavy atom. The first-order chi connectivity index (χ1) is 17.7. The minimum atomic E-state index is -0.712. The van der Waals surface area contributed by atoms with E-state index in [0.717, 1.165) is 0 Å². The molecule has 0 aromatic heterocycles. The van der Waals surface area contributed by atoms with Crippen LogP contribution in [0, 0.1) is 22.7 Å². The van der Waals surface area contributed by atoms with Crippen LogP contribution >= 0.6 is 0 Å². The molecule has 0 spiro atoms. The lowest BCUT2D eigenvalue weighted by Gasteiger charge is -2.19. The molecule has 0 aliphatic carbocycles. The van der Waals surface area contributed by atoms with Crippen molar-refractivity contribution >= 4 is 24.0 Å². The Morgan fingerprint density at radius 2 is 1.27 bits per heavy atom. The molecule has 0 fully saturated rings. The predicted molar refractivity (Wildman–Crippen MR) is 133 cm³/mol. The minimum absolute atomic E-state index is 0.0591. The number of phenols is 4. The molecule has 11 nitrogen and oxygen atoms in total. The van der Waals surface area contributed by atoms with E-state index in [-0.39, 0.29) is 35.7 Å². The van der Waals surface area contributed by atoms with Crippen molar-refractivity contribution in [1.82, 2.24) is 10.6 Å². The molecule has 0 unspecified atom stereocenters. The average molecular weight is 507 g/mol. The van der Waals surface area contributed by atoms with E-state index in [4.69, 9.17) is 4.74 Å². The number of benzene rings is 2. The molecule has 192 valence electrons. The molecule has 2 amide bonds. The quantitative estimate of drug-likeness (QED) is 0.150. The van der Waals surface area contributed by atoms with Crippen molar-refractivity contribution in [1.29, 1.82) is 10.5 Å². The number of amides is 2. The third-order valence-electron chi connectivity index (χ3n) is 4.89. The first-order valence-electron chi connectivity index (χ1n) is 11.1. The molecule has 2 rings (SSSR count). The van der Waals surface area contributed by atoms with Crippen LogP contribution in [-0.4, -0.2) is 58.0 Å². The zero-order valence-corrected chi connectivity index (χ0v) is 19.9. The Kier molecular flexibility index (Phi) is 10.5. The van der Waals surface area contributed by atoms with E-state index in [1.165, 1.54) is 48.6 Å². The second-order valence-electron chi connectivity index (χ2n) is 7.75. The summed E-state index contributed by atoms with van der Waals surface area (Å²) >= 11 is 0. The lowest BCUT2D eigenvalue weighted by Crippen LogP contribution is -2.42. The molecular formula is C26H26N4O7. The Morgan fingerprint density at radius 1 is 0.838 bits per heavy atom. The molecule has 0 aliphatic heterocycles. The highest BCUT2D eigenvalue weighted by Crippen LogP contribution is 2.26. The molecule has 0 aliphatic rings. The van der Waals surface area contributed by atoms with Crippen molar-refractivity contribution in [3.05, 3.63) is 58.7 Å². The Balaban J connectivity index is 2.04. The number of nitriles is 2. The van der Waals surface area contributed by atoms with Crippen LogP contribution in [0.3, 0.4) is 0 Å². The van der Waals surface area contributed by atoms with Gasteiger partial charge in [0, 0.05) is 19.7 Å². The number of carbonyl (C=O) groups is 2. The maximum atomic E-state index is 12.5. The number of phenolic OH excluding ortho intramolecular Hbond substituents is 4. The highest BCUT2D eigenvalue weighted by atomic mass is 16.5. The molecule has 0 bridgehead atoms. The van der Waals surface area contributed by atoms with Crippen LogP contribution in [-0.2, 0) is 14.3 Å². The summed E-state index contributed by atoms with van der Waals surface area (Å²) in [4.78, 5) is 25.0. The van der Waals surface area contributed by atoms with Crippen LogP contribution in [0.25, 0.3) is 12.2 Å². The van der Waals surface area contributed by atoms with E-state index in [1.54, 1.807) is 12.1 Å². The molecule has 0 saturated heterocycles. The molecule has 2 aromatic rings.